The third-order valence-electron chi connectivity index (χ3n) is 3.10. The standard InChI is InChI=1S/C12H21ClO2/c1-2-15-12(14)11(13)9-8-10-6-4-3-5-7-10/h10-11H,2-9H2,1H3. The lowest BCUT2D eigenvalue weighted by atomic mass is 9.86. The minimum Gasteiger partial charge on any atom is -0.465 e. The molecule has 0 radical (unpaired) electrons. The fraction of sp³-hybridized carbons (Fsp3) is 0.917. The maximum Gasteiger partial charge on any atom is 0.324 e. The number of hydrogen-bond donors (Lipinski definition) is 0. The van der Waals surface area contributed by atoms with Gasteiger partial charge in [0.1, 0.15) is 5.38 Å². The molecule has 0 aromatic rings. The van der Waals surface area contributed by atoms with Crippen LogP contribution in [0.25, 0.3) is 0 Å². The highest BCUT2D eigenvalue weighted by molar-refractivity contribution is 6.29. The molecule has 1 aliphatic rings. The summed E-state index contributed by atoms with van der Waals surface area (Å²) in [6.45, 7) is 2.23. The molecule has 1 aliphatic carbocycles. The fourth-order valence-electron chi connectivity index (χ4n) is 2.21. The lowest BCUT2D eigenvalue weighted by molar-refractivity contribution is -0.142. The summed E-state index contributed by atoms with van der Waals surface area (Å²) in [5.74, 6) is 0.532. The molecule has 0 saturated heterocycles. The van der Waals surface area contributed by atoms with Gasteiger partial charge in [-0.15, -0.1) is 11.6 Å². The van der Waals surface area contributed by atoms with Gasteiger partial charge in [0.2, 0.25) is 0 Å². The number of hydrogen-bond acceptors (Lipinski definition) is 2. The van der Waals surface area contributed by atoms with Crippen LogP contribution in [0.5, 0.6) is 0 Å². The van der Waals surface area contributed by atoms with Gasteiger partial charge in [-0.2, -0.15) is 0 Å². The first-order valence-corrected chi connectivity index (χ1v) is 6.48. The van der Waals surface area contributed by atoms with Crippen LogP contribution >= 0.6 is 11.6 Å². The zero-order valence-electron chi connectivity index (χ0n) is 9.51. The van der Waals surface area contributed by atoms with Crippen molar-refractivity contribution in [3.8, 4) is 0 Å². The second-order valence-corrected chi connectivity index (χ2v) is 4.83. The van der Waals surface area contributed by atoms with E-state index in [0.717, 1.165) is 18.8 Å². The summed E-state index contributed by atoms with van der Waals surface area (Å²) in [6.07, 6.45) is 8.53. The first kappa shape index (κ1) is 12.8. The van der Waals surface area contributed by atoms with Crippen LogP contribution in [-0.4, -0.2) is 18.0 Å². The van der Waals surface area contributed by atoms with Crippen LogP contribution in [0.15, 0.2) is 0 Å². The van der Waals surface area contributed by atoms with Crippen molar-refractivity contribution < 1.29 is 9.53 Å². The number of carbonyl (C=O) groups excluding carboxylic acids is 1. The summed E-state index contributed by atoms with van der Waals surface area (Å²) < 4.78 is 4.87. The van der Waals surface area contributed by atoms with Crippen LogP contribution in [0.2, 0.25) is 0 Å². The Morgan fingerprint density at radius 3 is 2.67 bits per heavy atom. The van der Waals surface area contributed by atoms with Crippen molar-refractivity contribution in [3.63, 3.8) is 0 Å². The highest BCUT2D eigenvalue weighted by atomic mass is 35.5. The van der Waals surface area contributed by atoms with E-state index in [1.807, 2.05) is 6.92 Å². The maximum absolute atomic E-state index is 11.3. The van der Waals surface area contributed by atoms with E-state index >= 15 is 0 Å². The molecule has 0 bridgehead atoms. The lowest BCUT2D eigenvalue weighted by Crippen LogP contribution is -2.19. The Balaban J connectivity index is 2.14. The molecule has 0 spiro atoms. The van der Waals surface area contributed by atoms with Crippen molar-refractivity contribution in [1.82, 2.24) is 0 Å². The lowest BCUT2D eigenvalue weighted by Gasteiger charge is -2.21. The molecule has 15 heavy (non-hydrogen) atoms. The highest BCUT2D eigenvalue weighted by Gasteiger charge is 2.20. The molecule has 3 heteroatoms. The van der Waals surface area contributed by atoms with E-state index in [0.29, 0.717) is 6.61 Å². The second-order valence-electron chi connectivity index (χ2n) is 4.30. The SMILES string of the molecule is CCOC(=O)C(Cl)CCC1CCCCC1. The quantitative estimate of drug-likeness (QED) is 0.536. The smallest absolute Gasteiger partial charge is 0.324 e. The molecule has 0 aliphatic heterocycles. The molecule has 1 rings (SSSR count). The number of carbonyl (C=O) groups is 1. The van der Waals surface area contributed by atoms with Gasteiger partial charge in [-0.1, -0.05) is 32.1 Å². The largest absolute Gasteiger partial charge is 0.465 e. The Bertz CT molecular complexity index is 188. The van der Waals surface area contributed by atoms with E-state index in [4.69, 9.17) is 16.3 Å². The zero-order valence-corrected chi connectivity index (χ0v) is 10.3. The molecule has 1 unspecified atom stereocenters. The van der Waals surface area contributed by atoms with Crippen LogP contribution in [-0.2, 0) is 9.53 Å². The summed E-state index contributed by atoms with van der Waals surface area (Å²) >= 11 is 5.95. The predicted molar refractivity (Wildman–Crippen MR) is 62.1 cm³/mol. The Morgan fingerprint density at radius 1 is 1.40 bits per heavy atom. The van der Waals surface area contributed by atoms with Crippen LogP contribution < -0.4 is 0 Å². The molecule has 0 N–H and O–H groups in total. The molecule has 1 atom stereocenters. The molecule has 88 valence electrons. The molecule has 0 aromatic heterocycles. The monoisotopic (exact) mass is 232 g/mol. The Hall–Kier alpha value is -0.240. The molecule has 0 aromatic carbocycles. The average molecular weight is 233 g/mol. The van der Waals surface area contributed by atoms with E-state index in [1.165, 1.54) is 32.1 Å². The van der Waals surface area contributed by atoms with Gasteiger partial charge in [-0.05, 0) is 25.7 Å². The van der Waals surface area contributed by atoms with E-state index < -0.39 is 5.38 Å². The van der Waals surface area contributed by atoms with Crippen molar-refractivity contribution in [1.29, 1.82) is 0 Å². The average Bonchev–Trinajstić information content (AvgIpc) is 2.27. The number of esters is 1. The van der Waals surface area contributed by atoms with Crippen LogP contribution in [0.3, 0.4) is 0 Å². The maximum atomic E-state index is 11.3. The number of ether oxygens (including phenoxy) is 1. The Labute approximate surface area is 97.3 Å². The van der Waals surface area contributed by atoms with Gasteiger partial charge in [-0.3, -0.25) is 4.79 Å². The van der Waals surface area contributed by atoms with Crippen molar-refractivity contribution in [2.45, 2.75) is 57.2 Å². The van der Waals surface area contributed by atoms with E-state index in [9.17, 15) is 4.79 Å². The molecule has 1 saturated carbocycles. The molecular formula is C12H21ClO2. The predicted octanol–water partition coefficient (Wildman–Crippen LogP) is 3.52. The van der Waals surface area contributed by atoms with Crippen molar-refractivity contribution in [2.75, 3.05) is 6.61 Å². The van der Waals surface area contributed by atoms with Crippen molar-refractivity contribution in [3.05, 3.63) is 0 Å². The zero-order chi connectivity index (χ0) is 11.1. The summed E-state index contributed by atoms with van der Waals surface area (Å²) in [6, 6.07) is 0. The molecule has 0 amide bonds. The highest BCUT2D eigenvalue weighted by Crippen LogP contribution is 2.28. The first-order chi connectivity index (χ1) is 7.24. The van der Waals surface area contributed by atoms with Crippen LogP contribution in [0.4, 0.5) is 0 Å². The van der Waals surface area contributed by atoms with Gasteiger partial charge in [0.25, 0.3) is 0 Å². The Morgan fingerprint density at radius 2 is 2.07 bits per heavy atom. The third kappa shape index (κ3) is 4.87. The minimum absolute atomic E-state index is 0.255. The fourth-order valence-corrected chi connectivity index (χ4v) is 2.40. The summed E-state index contributed by atoms with van der Waals surface area (Å²) in [5, 5.41) is -0.438. The normalized spacial score (nSPS) is 19.9. The first-order valence-electron chi connectivity index (χ1n) is 6.04. The van der Waals surface area contributed by atoms with Gasteiger partial charge >= 0.3 is 5.97 Å². The van der Waals surface area contributed by atoms with Gasteiger partial charge in [-0.25, -0.2) is 0 Å². The second kappa shape index (κ2) is 7.10. The van der Waals surface area contributed by atoms with E-state index in [2.05, 4.69) is 0 Å². The van der Waals surface area contributed by atoms with Crippen LogP contribution in [0.1, 0.15) is 51.9 Å². The van der Waals surface area contributed by atoms with Crippen molar-refractivity contribution >= 4 is 17.6 Å². The minimum atomic E-state index is -0.438. The van der Waals surface area contributed by atoms with Gasteiger partial charge in [0.05, 0.1) is 6.61 Å². The van der Waals surface area contributed by atoms with Gasteiger partial charge in [0, 0.05) is 0 Å². The topological polar surface area (TPSA) is 26.3 Å². The molecule has 2 nitrogen and oxygen atoms in total. The summed E-state index contributed by atoms with van der Waals surface area (Å²) in [7, 11) is 0. The molecule has 0 heterocycles. The Kier molecular flexibility index (Phi) is 6.07. The van der Waals surface area contributed by atoms with Gasteiger partial charge < -0.3 is 4.74 Å². The van der Waals surface area contributed by atoms with Gasteiger partial charge in [0.15, 0.2) is 0 Å². The number of rotatable bonds is 5. The molecular weight excluding hydrogens is 212 g/mol. The number of alkyl halides is 1. The third-order valence-corrected chi connectivity index (χ3v) is 3.49. The molecule has 1 fully saturated rings. The van der Waals surface area contributed by atoms with E-state index in [-0.39, 0.29) is 5.97 Å². The van der Waals surface area contributed by atoms with Crippen molar-refractivity contribution in [2.24, 2.45) is 5.92 Å². The van der Waals surface area contributed by atoms with E-state index in [1.54, 1.807) is 0 Å². The van der Waals surface area contributed by atoms with Crippen LogP contribution in [0, 0.1) is 5.92 Å². The summed E-state index contributed by atoms with van der Waals surface area (Å²) in [4.78, 5) is 11.3. The number of halogens is 1. The summed E-state index contributed by atoms with van der Waals surface area (Å²) in [5.41, 5.74) is 0.